The van der Waals surface area contributed by atoms with Gasteiger partial charge < -0.3 is 14.6 Å². The summed E-state index contributed by atoms with van der Waals surface area (Å²) < 4.78 is 20.0. The van der Waals surface area contributed by atoms with Crippen LogP contribution in [0, 0.1) is 5.82 Å². The molecule has 0 unspecified atom stereocenters. The first-order valence-corrected chi connectivity index (χ1v) is 7.03. The number of aromatic nitrogens is 3. The first kappa shape index (κ1) is 16.4. The second kappa shape index (κ2) is 7.33. The van der Waals surface area contributed by atoms with E-state index < -0.39 is 17.8 Å². The molecule has 22 heavy (non-hydrogen) atoms. The Hall–Kier alpha value is -1.99. The lowest BCUT2D eigenvalue weighted by Gasteiger charge is -2.15. The summed E-state index contributed by atoms with van der Waals surface area (Å²) in [6, 6.07) is 3.23. The maximum Gasteiger partial charge on any atom is 0.253 e. The molecule has 0 aliphatic carbocycles. The summed E-state index contributed by atoms with van der Waals surface area (Å²) in [6.45, 7) is 2.83. The zero-order chi connectivity index (χ0) is 16.1. The average molecular weight is 327 g/mol. The van der Waals surface area contributed by atoms with E-state index in [9.17, 15) is 9.18 Å². The standard InChI is InChI=1S/C14H16ClFN4O2/c1-9(13-19-17-8-20(13)5-6-22-2)18-14(21)11-7-10(16)3-4-12(11)15/h3-4,7-9H,5-6H2,1-2H3,(H,18,21)/t9-/m0/s1. The molecule has 0 radical (unpaired) electrons. The van der Waals surface area contributed by atoms with E-state index in [4.69, 9.17) is 16.3 Å². The van der Waals surface area contributed by atoms with Crippen LogP contribution in [-0.4, -0.2) is 34.4 Å². The summed E-state index contributed by atoms with van der Waals surface area (Å²) in [4.78, 5) is 12.2. The van der Waals surface area contributed by atoms with E-state index in [1.54, 1.807) is 24.9 Å². The van der Waals surface area contributed by atoms with Crippen molar-refractivity contribution in [1.29, 1.82) is 0 Å². The van der Waals surface area contributed by atoms with Gasteiger partial charge in [-0.05, 0) is 25.1 Å². The van der Waals surface area contributed by atoms with E-state index in [1.165, 1.54) is 12.1 Å². The predicted octanol–water partition coefficient (Wildman–Crippen LogP) is 2.21. The highest BCUT2D eigenvalue weighted by atomic mass is 35.5. The van der Waals surface area contributed by atoms with Crippen LogP contribution in [0.15, 0.2) is 24.5 Å². The average Bonchev–Trinajstić information content (AvgIpc) is 2.96. The minimum atomic E-state index is -0.523. The third-order valence-corrected chi connectivity index (χ3v) is 3.42. The Kier molecular flexibility index (Phi) is 5.46. The van der Waals surface area contributed by atoms with Crippen molar-refractivity contribution in [3.63, 3.8) is 0 Å². The second-order valence-electron chi connectivity index (χ2n) is 4.69. The highest BCUT2D eigenvalue weighted by Crippen LogP contribution is 2.18. The van der Waals surface area contributed by atoms with Crippen molar-refractivity contribution in [2.24, 2.45) is 0 Å². The molecule has 6 nitrogen and oxygen atoms in total. The number of nitrogens with zero attached hydrogens (tertiary/aromatic N) is 3. The van der Waals surface area contributed by atoms with Gasteiger partial charge in [0, 0.05) is 13.7 Å². The number of hydrogen-bond donors (Lipinski definition) is 1. The third-order valence-electron chi connectivity index (χ3n) is 3.09. The Labute approximate surface area is 132 Å². The Balaban J connectivity index is 2.11. The number of carbonyl (C=O) groups excluding carboxylic acids is 1. The van der Waals surface area contributed by atoms with Crippen LogP contribution in [0.5, 0.6) is 0 Å². The Morgan fingerprint density at radius 1 is 1.55 bits per heavy atom. The molecule has 1 heterocycles. The maximum absolute atomic E-state index is 13.2. The Morgan fingerprint density at radius 3 is 3.05 bits per heavy atom. The molecule has 118 valence electrons. The number of amides is 1. The SMILES string of the molecule is COCCn1cnnc1[C@H](C)NC(=O)c1cc(F)ccc1Cl. The number of carbonyl (C=O) groups is 1. The molecule has 0 bridgehead atoms. The molecular weight excluding hydrogens is 311 g/mol. The summed E-state index contributed by atoms with van der Waals surface area (Å²) in [7, 11) is 1.60. The number of ether oxygens (including phenoxy) is 1. The minimum Gasteiger partial charge on any atom is -0.383 e. The molecule has 1 amide bonds. The van der Waals surface area contributed by atoms with Gasteiger partial charge in [0.15, 0.2) is 5.82 Å². The first-order valence-electron chi connectivity index (χ1n) is 6.65. The van der Waals surface area contributed by atoms with Crippen LogP contribution >= 0.6 is 11.6 Å². The van der Waals surface area contributed by atoms with Crippen molar-refractivity contribution >= 4 is 17.5 Å². The van der Waals surface area contributed by atoms with Crippen molar-refractivity contribution < 1.29 is 13.9 Å². The van der Waals surface area contributed by atoms with E-state index >= 15 is 0 Å². The number of rotatable bonds is 6. The van der Waals surface area contributed by atoms with Gasteiger partial charge in [0.05, 0.1) is 23.2 Å². The van der Waals surface area contributed by atoms with Crippen LogP contribution in [0.4, 0.5) is 4.39 Å². The molecule has 2 rings (SSSR count). The van der Waals surface area contributed by atoms with Crippen molar-refractivity contribution in [2.45, 2.75) is 19.5 Å². The van der Waals surface area contributed by atoms with E-state index in [-0.39, 0.29) is 10.6 Å². The molecule has 1 N–H and O–H groups in total. The number of hydrogen-bond acceptors (Lipinski definition) is 4. The van der Waals surface area contributed by atoms with Crippen LogP contribution in [0.3, 0.4) is 0 Å². The van der Waals surface area contributed by atoms with Crippen molar-refractivity contribution in [3.8, 4) is 0 Å². The van der Waals surface area contributed by atoms with Gasteiger partial charge in [-0.15, -0.1) is 10.2 Å². The lowest BCUT2D eigenvalue weighted by atomic mass is 10.2. The van der Waals surface area contributed by atoms with Crippen molar-refractivity contribution in [1.82, 2.24) is 20.1 Å². The normalized spacial score (nSPS) is 12.2. The smallest absolute Gasteiger partial charge is 0.253 e. The zero-order valence-corrected chi connectivity index (χ0v) is 13.0. The van der Waals surface area contributed by atoms with Gasteiger partial charge in [-0.1, -0.05) is 11.6 Å². The predicted molar refractivity (Wildman–Crippen MR) is 79.2 cm³/mol. The minimum absolute atomic E-state index is 0.0801. The fraction of sp³-hybridized carbons (Fsp3) is 0.357. The fourth-order valence-electron chi connectivity index (χ4n) is 1.97. The van der Waals surface area contributed by atoms with Crippen molar-refractivity contribution in [2.75, 3.05) is 13.7 Å². The molecule has 2 aromatic rings. The summed E-state index contributed by atoms with van der Waals surface area (Å²) in [6.07, 6.45) is 1.56. The van der Waals surface area contributed by atoms with Gasteiger partial charge in [-0.3, -0.25) is 4.79 Å². The molecule has 1 atom stereocenters. The van der Waals surface area contributed by atoms with Crippen molar-refractivity contribution in [3.05, 3.63) is 46.8 Å². The van der Waals surface area contributed by atoms with Crippen LogP contribution < -0.4 is 5.32 Å². The van der Waals surface area contributed by atoms with Gasteiger partial charge in [0.2, 0.25) is 0 Å². The molecule has 0 saturated carbocycles. The quantitative estimate of drug-likeness (QED) is 0.883. The molecule has 0 aliphatic heterocycles. The van der Waals surface area contributed by atoms with Gasteiger partial charge in [0.25, 0.3) is 5.91 Å². The van der Waals surface area contributed by atoms with E-state index in [2.05, 4.69) is 15.5 Å². The second-order valence-corrected chi connectivity index (χ2v) is 5.10. The van der Waals surface area contributed by atoms with Gasteiger partial charge in [-0.25, -0.2) is 4.39 Å². The van der Waals surface area contributed by atoms with Gasteiger partial charge in [-0.2, -0.15) is 0 Å². The monoisotopic (exact) mass is 326 g/mol. The summed E-state index contributed by atoms with van der Waals surface area (Å²) >= 11 is 5.92. The Morgan fingerprint density at radius 2 is 2.32 bits per heavy atom. The van der Waals surface area contributed by atoms with Crippen LogP contribution in [0.1, 0.15) is 29.1 Å². The van der Waals surface area contributed by atoms with Crippen LogP contribution in [-0.2, 0) is 11.3 Å². The molecule has 0 spiro atoms. The lowest BCUT2D eigenvalue weighted by Crippen LogP contribution is -2.29. The topological polar surface area (TPSA) is 69.0 Å². The molecule has 1 aromatic heterocycles. The number of nitrogens with one attached hydrogen (secondary N) is 1. The lowest BCUT2D eigenvalue weighted by molar-refractivity contribution is 0.0937. The first-order chi connectivity index (χ1) is 10.5. The molecule has 1 aromatic carbocycles. The van der Waals surface area contributed by atoms with E-state index in [1.807, 2.05) is 0 Å². The molecule has 8 heteroatoms. The van der Waals surface area contributed by atoms with Gasteiger partial charge >= 0.3 is 0 Å². The highest BCUT2D eigenvalue weighted by molar-refractivity contribution is 6.33. The number of halogens is 2. The Bertz CT molecular complexity index is 662. The highest BCUT2D eigenvalue weighted by Gasteiger charge is 2.18. The fourth-order valence-corrected chi connectivity index (χ4v) is 2.17. The summed E-state index contributed by atoms with van der Waals surface area (Å²) in [5, 5.41) is 10.7. The maximum atomic E-state index is 13.2. The third kappa shape index (κ3) is 3.80. The number of benzene rings is 1. The largest absolute Gasteiger partial charge is 0.383 e. The summed E-state index contributed by atoms with van der Waals surface area (Å²) in [5.74, 6) is -0.415. The zero-order valence-electron chi connectivity index (χ0n) is 12.2. The van der Waals surface area contributed by atoms with E-state index in [0.29, 0.717) is 19.0 Å². The van der Waals surface area contributed by atoms with E-state index in [0.717, 1.165) is 6.07 Å². The van der Waals surface area contributed by atoms with Gasteiger partial charge in [0.1, 0.15) is 12.1 Å². The molecule has 0 fully saturated rings. The van der Waals surface area contributed by atoms with Crippen LogP contribution in [0.2, 0.25) is 5.02 Å². The molecule has 0 saturated heterocycles. The van der Waals surface area contributed by atoms with Crippen LogP contribution in [0.25, 0.3) is 0 Å². The molecular formula is C14H16ClFN4O2. The summed E-state index contributed by atoms with van der Waals surface area (Å²) in [5.41, 5.74) is 0.0801. The molecule has 0 aliphatic rings. The number of methoxy groups -OCH3 is 1.